The zero-order valence-electron chi connectivity index (χ0n) is 15.7. The van der Waals surface area contributed by atoms with Crippen LogP contribution >= 0.6 is 11.8 Å². The molecule has 28 heavy (non-hydrogen) atoms. The second kappa shape index (κ2) is 8.71. The maximum absolute atomic E-state index is 13.9. The molecule has 2 heterocycles. The van der Waals surface area contributed by atoms with Crippen LogP contribution in [0.15, 0.2) is 53.7 Å². The van der Waals surface area contributed by atoms with Gasteiger partial charge in [-0.3, -0.25) is 4.79 Å². The van der Waals surface area contributed by atoms with Gasteiger partial charge in [-0.25, -0.2) is 14.4 Å². The van der Waals surface area contributed by atoms with Gasteiger partial charge in [0.15, 0.2) is 0 Å². The Kier molecular flexibility index (Phi) is 6.10. The average molecular weight is 397 g/mol. The van der Waals surface area contributed by atoms with Crippen LogP contribution in [0.1, 0.15) is 15.9 Å². The van der Waals surface area contributed by atoms with E-state index >= 15 is 0 Å². The van der Waals surface area contributed by atoms with Crippen molar-refractivity contribution in [2.45, 2.75) is 11.8 Å². The van der Waals surface area contributed by atoms with Crippen LogP contribution in [-0.2, 0) is 0 Å². The number of nitrogens with one attached hydrogen (secondary N) is 3. The third-order valence-electron chi connectivity index (χ3n) is 4.14. The summed E-state index contributed by atoms with van der Waals surface area (Å²) >= 11 is 1.61. The van der Waals surface area contributed by atoms with Crippen LogP contribution in [0.3, 0.4) is 0 Å². The predicted octanol–water partition coefficient (Wildman–Crippen LogP) is 4.49. The van der Waals surface area contributed by atoms with Crippen LogP contribution in [0.5, 0.6) is 0 Å². The number of hydrogen-bond acceptors (Lipinski definition) is 6. The van der Waals surface area contributed by atoms with Crippen LogP contribution in [0.25, 0.3) is 0 Å². The van der Waals surface area contributed by atoms with Crippen molar-refractivity contribution in [1.82, 2.24) is 15.3 Å². The molecule has 0 fully saturated rings. The highest BCUT2D eigenvalue weighted by Gasteiger charge is 2.14. The van der Waals surface area contributed by atoms with Gasteiger partial charge in [-0.05, 0) is 37.4 Å². The van der Waals surface area contributed by atoms with Crippen molar-refractivity contribution in [3.8, 4) is 0 Å². The smallest absolute Gasteiger partial charge is 0.254 e. The molecule has 6 nitrogen and oxygen atoms in total. The fourth-order valence-corrected chi connectivity index (χ4v) is 2.99. The molecule has 3 rings (SSSR count). The van der Waals surface area contributed by atoms with Crippen LogP contribution in [-0.4, -0.2) is 29.2 Å². The van der Waals surface area contributed by atoms with Gasteiger partial charge in [0.05, 0.1) is 11.3 Å². The minimum atomic E-state index is -0.322. The monoisotopic (exact) mass is 397 g/mol. The SMILES string of the molecule is CNC(=O)c1cnc(Nc2cc(SC)ccn2)cc1Nc1cccc(F)c1C. The molecule has 144 valence electrons. The lowest BCUT2D eigenvalue weighted by atomic mass is 10.1. The Balaban J connectivity index is 1.97. The van der Waals surface area contributed by atoms with Crippen molar-refractivity contribution in [3.63, 3.8) is 0 Å². The second-order valence-electron chi connectivity index (χ2n) is 5.94. The number of benzene rings is 1. The van der Waals surface area contributed by atoms with E-state index in [4.69, 9.17) is 0 Å². The topological polar surface area (TPSA) is 78.9 Å². The Labute approximate surface area is 167 Å². The van der Waals surface area contributed by atoms with E-state index in [0.717, 1.165) is 4.90 Å². The van der Waals surface area contributed by atoms with Crippen molar-refractivity contribution >= 4 is 40.7 Å². The van der Waals surface area contributed by atoms with E-state index in [1.54, 1.807) is 50.1 Å². The molecule has 0 aliphatic heterocycles. The Bertz CT molecular complexity index is 1010. The highest BCUT2D eigenvalue weighted by molar-refractivity contribution is 7.98. The summed E-state index contributed by atoms with van der Waals surface area (Å²) in [6.07, 6.45) is 5.16. The molecule has 3 aromatic rings. The molecule has 8 heteroatoms. The minimum absolute atomic E-state index is 0.293. The number of carbonyl (C=O) groups excluding carboxylic acids is 1. The molecule has 0 aliphatic carbocycles. The first-order valence-electron chi connectivity index (χ1n) is 8.53. The predicted molar refractivity (Wildman–Crippen MR) is 111 cm³/mol. The highest BCUT2D eigenvalue weighted by atomic mass is 32.2. The van der Waals surface area contributed by atoms with E-state index < -0.39 is 0 Å². The van der Waals surface area contributed by atoms with Gasteiger partial charge in [0.2, 0.25) is 0 Å². The Hall–Kier alpha value is -3.13. The summed E-state index contributed by atoms with van der Waals surface area (Å²) in [5.41, 5.74) is 1.89. The van der Waals surface area contributed by atoms with E-state index in [2.05, 4.69) is 25.9 Å². The summed E-state index contributed by atoms with van der Waals surface area (Å²) in [6.45, 7) is 1.68. The minimum Gasteiger partial charge on any atom is -0.355 e. The molecule has 0 spiro atoms. The Morgan fingerprint density at radius 2 is 1.86 bits per heavy atom. The van der Waals surface area contributed by atoms with Gasteiger partial charge in [0, 0.05) is 41.7 Å². The molecular weight excluding hydrogens is 377 g/mol. The van der Waals surface area contributed by atoms with Gasteiger partial charge in [0.1, 0.15) is 17.5 Å². The normalized spacial score (nSPS) is 10.4. The van der Waals surface area contributed by atoms with Crippen LogP contribution in [0.4, 0.5) is 27.4 Å². The van der Waals surface area contributed by atoms with Crippen LogP contribution < -0.4 is 16.0 Å². The molecule has 3 N–H and O–H groups in total. The Morgan fingerprint density at radius 1 is 1.07 bits per heavy atom. The summed E-state index contributed by atoms with van der Waals surface area (Å²) in [4.78, 5) is 21.9. The van der Waals surface area contributed by atoms with Gasteiger partial charge < -0.3 is 16.0 Å². The van der Waals surface area contributed by atoms with Gasteiger partial charge >= 0.3 is 0 Å². The maximum atomic E-state index is 13.9. The molecule has 2 aromatic heterocycles. The molecule has 1 aromatic carbocycles. The Morgan fingerprint density at radius 3 is 2.61 bits per heavy atom. The maximum Gasteiger partial charge on any atom is 0.254 e. The number of carbonyl (C=O) groups is 1. The molecule has 0 aliphatic rings. The largest absolute Gasteiger partial charge is 0.355 e. The second-order valence-corrected chi connectivity index (χ2v) is 6.82. The number of thioether (sulfide) groups is 1. The number of aromatic nitrogens is 2. The summed E-state index contributed by atoms with van der Waals surface area (Å²) in [7, 11) is 1.55. The fraction of sp³-hybridized carbons (Fsp3) is 0.150. The quantitative estimate of drug-likeness (QED) is 0.532. The molecule has 0 saturated carbocycles. The molecule has 0 unspecified atom stereocenters. The summed E-state index contributed by atoms with van der Waals surface area (Å²) < 4.78 is 13.9. The first-order chi connectivity index (χ1) is 13.5. The highest BCUT2D eigenvalue weighted by Crippen LogP contribution is 2.28. The number of anilines is 4. The van der Waals surface area contributed by atoms with Crippen molar-refractivity contribution < 1.29 is 9.18 Å². The van der Waals surface area contributed by atoms with Gasteiger partial charge in [0.25, 0.3) is 5.91 Å². The van der Waals surface area contributed by atoms with E-state index in [1.165, 1.54) is 12.3 Å². The van der Waals surface area contributed by atoms with E-state index in [-0.39, 0.29) is 11.7 Å². The number of amides is 1. The van der Waals surface area contributed by atoms with Crippen LogP contribution in [0, 0.1) is 12.7 Å². The van der Waals surface area contributed by atoms with Crippen molar-refractivity contribution in [2.24, 2.45) is 0 Å². The summed E-state index contributed by atoms with van der Waals surface area (Å²) in [5, 5.41) is 8.86. The molecule has 0 bridgehead atoms. The molecule has 0 radical (unpaired) electrons. The lowest BCUT2D eigenvalue weighted by Crippen LogP contribution is -2.19. The number of nitrogens with zero attached hydrogens (tertiary/aromatic N) is 2. The summed E-state index contributed by atoms with van der Waals surface area (Å²) in [5.74, 6) is 0.532. The van der Waals surface area contributed by atoms with Crippen molar-refractivity contribution in [2.75, 3.05) is 23.9 Å². The first-order valence-corrected chi connectivity index (χ1v) is 9.75. The first kappa shape index (κ1) is 19.6. The van der Waals surface area contributed by atoms with Gasteiger partial charge in [-0.1, -0.05) is 6.07 Å². The third-order valence-corrected chi connectivity index (χ3v) is 4.86. The molecule has 1 amide bonds. The number of hydrogen-bond donors (Lipinski definition) is 3. The van der Waals surface area contributed by atoms with Gasteiger partial charge in [-0.2, -0.15) is 0 Å². The van der Waals surface area contributed by atoms with Gasteiger partial charge in [-0.15, -0.1) is 11.8 Å². The number of pyridine rings is 2. The van der Waals surface area contributed by atoms with Crippen molar-refractivity contribution in [1.29, 1.82) is 0 Å². The molecular formula is C20H20FN5OS. The number of rotatable bonds is 6. The van der Waals surface area contributed by atoms with E-state index in [0.29, 0.717) is 34.1 Å². The summed E-state index contributed by atoms with van der Waals surface area (Å²) in [6, 6.07) is 10.3. The molecule has 0 saturated heterocycles. The number of halogens is 1. The van der Waals surface area contributed by atoms with E-state index in [1.807, 2.05) is 18.4 Å². The van der Waals surface area contributed by atoms with Crippen molar-refractivity contribution in [3.05, 3.63) is 65.7 Å². The zero-order chi connectivity index (χ0) is 20.1. The standard InChI is InChI=1S/C20H20FN5OS/c1-12-15(21)5-4-6-16(12)25-17-10-19(24-11-14(17)20(27)22-2)26-18-9-13(28-3)7-8-23-18/h4-11H,1-3H3,(H,22,27)(H2,23,24,25,26). The average Bonchev–Trinajstić information content (AvgIpc) is 2.71. The fourth-order valence-electron chi connectivity index (χ4n) is 2.57. The lowest BCUT2D eigenvalue weighted by molar-refractivity contribution is 0.0963. The zero-order valence-corrected chi connectivity index (χ0v) is 16.5. The third kappa shape index (κ3) is 4.40. The van der Waals surface area contributed by atoms with E-state index in [9.17, 15) is 9.18 Å². The molecule has 0 atom stereocenters. The van der Waals surface area contributed by atoms with Crippen LogP contribution in [0.2, 0.25) is 0 Å². The lowest BCUT2D eigenvalue weighted by Gasteiger charge is -2.15.